The smallest absolute Gasteiger partial charge is 0.329 e. The minimum absolute atomic E-state index is 0.229. The van der Waals surface area contributed by atoms with Crippen LogP contribution in [0.4, 0.5) is 5.69 Å². The number of carbonyl (C=O) groups excluding carboxylic acids is 3. The molecule has 31 heavy (non-hydrogen) atoms. The number of amides is 2. The molecule has 1 atom stereocenters. The molecule has 0 aliphatic heterocycles. The van der Waals surface area contributed by atoms with Crippen molar-refractivity contribution in [3.05, 3.63) is 64.3 Å². The van der Waals surface area contributed by atoms with E-state index in [1.165, 1.54) is 6.92 Å². The number of ether oxygens (including phenoxy) is 1. The summed E-state index contributed by atoms with van der Waals surface area (Å²) in [4.78, 5) is 39.7. The molecule has 0 bridgehead atoms. The maximum absolute atomic E-state index is 12.6. The first kappa shape index (κ1) is 22.4. The summed E-state index contributed by atoms with van der Waals surface area (Å²) < 4.78 is 5.18. The molecule has 0 saturated carbocycles. The first-order chi connectivity index (χ1) is 14.7. The fourth-order valence-corrected chi connectivity index (χ4v) is 3.81. The number of hydrogen-bond acceptors (Lipinski definition) is 4. The van der Waals surface area contributed by atoms with Crippen LogP contribution in [-0.2, 0) is 25.5 Å². The van der Waals surface area contributed by atoms with Crippen molar-refractivity contribution in [2.75, 3.05) is 11.9 Å². The van der Waals surface area contributed by atoms with Crippen LogP contribution in [0.3, 0.4) is 0 Å². The molecule has 8 heteroatoms. The van der Waals surface area contributed by atoms with Crippen molar-refractivity contribution in [3.63, 3.8) is 0 Å². The summed E-state index contributed by atoms with van der Waals surface area (Å²) in [6.07, 6.45) is 2.02. The Balaban J connectivity index is 1.65. The number of halogens is 1. The fourth-order valence-electron chi connectivity index (χ4n) is 3.45. The van der Waals surface area contributed by atoms with Crippen LogP contribution in [0.2, 0.25) is 5.02 Å². The lowest BCUT2D eigenvalue weighted by Gasteiger charge is -2.17. The van der Waals surface area contributed by atoms with E-state index in [0.29, 0.717) is 10.7 Å². The van der Waals surface area contributed by atoms with Gasteiger partial charge in [-0.1, -0.05) is 35.9 Å². The van der Waals surface area contributed by atoms with Gasteiger partial charge in [0.25, 0.3) is 5.91 Å². The minimum Gasteiger partial charge on any atom is -0.454 e. The number of anilines is 1. The van der Waals surface area contributed by atoms with E-state index >= 15 is 0 Å². The van der Waals surface area contributed by atoms with Crippen LogP contribution in [0.25, 0.3) is 10.9 Å². The van der Waals surface area contributed by atoms with E-state index in [4.69, 9.17) is 16.3 Å². The summed E-state index contributed by atoms with van der Waals surface area (Å²) in [5.74, 6) is -1.58. The lowest BCUT2D eigenvalue weighted by Crippen LogP contribution is -2.43. The van der Waals surface area contributed by atoms with Crippen molar-refractivity contribution in [2.24, 2.45) is 0 Å². The third kappa shape index (κ3) is 5.64. The molecule has 0 fully saturated rings. The van der Waals surface area contributed by atoms with Gasteiger partial charge in [-0.2, -0.15) is 0 Å². The van der Waals surface area contributed by atoms with Crippen LogP contribution in [0.5, 0.6) is 0 Å². The zero-order chi connectivity index (χ0) is 22.5. The molecule has 1 aromatic heterocycles. The summed E-state index contributed by atoms with van der Waals surface area (Å²) in [5, 5.41) is 6.63. The van der Waals surface area contributed by atoms with Crippen molar-refractivity contribution in [1.82, 2.24) is 10.3 Å². The maximum atomic E-state index is 12.6. The Hall–Kier alpha value is -3.32. The van der Waals surface area contributed by atoms with Gasteiger partial charge in [0.05, 0.1) is 10.7 Å². The van der Waals surface area contributed by atoms with E-state index in [9.17, 15) is 14.4 Å². The van der Waals surface area contributed by atoms with Gasteiger partial charge in [-0.25, -0.2) is 4.79 Å². The second-order valence-electron chi connectivity index (χ2n) is 7.41. The lowest BCUT2D eigenvalue weighted by molar-refractivity contribution is -0.150. The molecule has 3 rings (SSSR count). The fraction of sp³-hybridized carbons (Fsp3) is 0.261. The van der Waals surface area contributed by atoms with Crippen molar-refractivity contribution in [3.8, 4) is 0 Å². The molecule has 2 aromatic carbocycles. The van der Waals surface area contributed by atoms with Gasteiger partial charge in [-0.05, 0) is 42.7 Å². The number of carbonyl (C=O) groups is 3. The van der Waals surface area contributed by atoms with Gasteiger partial charge in [0, 0.05) is 30.4 Å². The standard InChI is InChI=1S/C23H24ClN3O4/c1-13-8-14(2)22(18(24)9-13)27-21(29)12-31-23(30)20(26-15(3)28)10-16-11-25-19-7-5-4-6-17(16)19/h4-9,11,20,25H,10,12H2,1-3H3,(H,26,28)(H,27,29). The van der Waals surface area contributed by atoms with Gasteiger partial charge in [0.15, 0.2) is 6.61 Å². The number of H-pyrrole nitrogens is 1. The summed E-state index contributed by atoms with van der Waals surface area (Å²) in [7, 11) is 0. The largest absolute Gasteiger partial charge is 0.454 e. The molecule has 162 valence electrons. The Kier molecular flexibility index (Phi) is 6.97. The average molecular weight is 442 g/mol. The van der Waals surface area contributed by atoms with Crippen LogP contribution < -0.4 is 10.6 Å². The second-order valence-corrected chi connectivity index (χ2v) is 7.82. The molecule has 1 heterocycles. The second kappa shape index (κ2) is 9.66. The van der Waals surface area contributed by atoms with Crippen LogP contribution in [0.1, 0.15) is 23.6 Å². The Morgan fingerprint density at radius 2 is 1.90 bits per heavy atom. The quantitative estimate of drug-likeness (QED) is 0.487. The summed E-state index contributed by atoms with van der Waals surface area (Å²) in [6.45, 7) is 4.56. The van der Waals surface area contributed by atoms with Crippen LogP contribution in [0.15, 0.2) is 42.6 Å². The van der Waals surface area contributed by atoms with Crippen LogP contribution in [0, 0.1) is 13.8 Å². The monoisotopic (exact) mass is 441 g/mol. The molecule has 1 unspecified atom stereocenters. The number of benzene rings is 2. The predicted octanol–water partition coefficient (Wildman–Crippen LogP) is 3.67. The van der Waals surface area contributed by atoms with Gasteiger partial charge in [0.1, 0.15) is 6.04 Å². The number of nitrogens with one attached hydrogen (secondary N) is 3. The molecule has 2 amide bonds. The van der Waals surface area contributed by atoms with Crippen molar-refractivity contribution < 1.29 is 19.1 Å². The van der Waals surface area contributed by atoms with Crippen molar-refractivity contribution >= 4 is 46.0 Å². The molecule has 0 aliphatic rings. The molecule has 0 aliphatic carbocycles. The predicted molar refractivity (Wildman–Crippen MR) is 120 cm³/mol. The first-order valence-corrected chi connectivity index (χ1v) is 10.2. The highest BCUT2D eigenvalue weighted by atomic mass is 35.5. The van der Waals surface area contributed by atoms with Crippen LogP contribution in [-0.4, -0.2) is 35.4 Å². The summed E-state index contributed by atoms with van der Waals surface area (Å²) >= 11 is 6.20. The van der Waals surface area contributed by atoms with E-state index in [0.717, 1.165) is 27.6 Å². The average Bonchev–Trinajstić information content (AvgIpc) is 3.11. The molecular weight excluding hydrogens is 418 g/mol. The number of esters is 1. The number of aromatic nitrogens is 1. The van der Waals surface area contributed by atoms with Gasteiger partial charge in [0.2, 0.25) is 5.91 Å². The van der Waals surface area contributed by atoms with E-state index < -0.39 is 24.5 Å². The summed E-state index contributed by atoms with van der Waals surface area (Å²) in [5.41, 5.74) is 4.04. The molecular formula is C23H24ClN3O4. The topological polar surface area (TPSA) is 100 Å². The highest BCUT2D eigenvalue weighted by molar-refractivity contribution is 6.34. The normalized spacial score (nSPS) is 11.7. The molecule has 0 saturated heterocycles. The third-order valence-corrected chi connectivity index (χ3v) is 5.10. The van der Waals surface area contributed by atoms with Crippen LogP contribution >= 0.6 is 11.6 Å². The lowest BCUT2D eigenvalue weighted by atomic mass is 10.0. The van der Waals surface area contributed by atoms with E-state index in [-0.39, 0.29) is 12.3 Å². The highest BCUT2D eigenvalue weighted by Gasteiger charge is 2.24. The zero-order valence-corrected chi connectivity index (χ0v) is 18.3. The number of fused-ring (bicyclic) bond motifs is 1. The number of aryl methyl sites for hydroxylation is 2. The molecule has 0 radical (unpaired) electrons. The van der Waals surface area contributed by atoms with E-state index in [1.807, 2.05) is 44.2 Å². The van der Waals surface area contributed by atoms with E-state index in [1.54, 1.807) is 12.3 Å². The SMILES string of the molecule is CC(=O)NC(Cc1c[nH]c2ccccc12)C(=O)OCC(=O)Nc1c(C)cc(C)cc1Cl. The molecule has 7 nitrogen and oxygen atoms in total. The Morgan fingerprint density at radius 1 is 1.16 bits per heavy atom. The van der Waals surface area contributed by atoms with Gasteiger partial charge in [-0.15, -0.1) is 0 Å². The first-order valence-electron chi connectivity index (χ1n) is 9.80. The highest BCUT2D eigenvalue weighted by Crippen LogP contribution is 2.27. The Labute approximate surface area is 185 Å². The summed E-state index contributed by atoms with van der Waals surface area (Å²) in [6, 6.07) is 10.4. The number of aromatic amines is 1. The molecule has 0 spiro atoms. The van der Waals surface area contributed by atoms with Gasteiger partial charge >= 0.3 is 5.97 Å². The Bertz CT molecular complexity index is 1120. The minimum atomic E-state index is -0.922. The third-order valence-electron chi connectivity index (χ3n) is 4.80. The zero-order valence-electron chi connectivity index (χ0n) is 17.5. The molecule has 3 N–H and O–H groups in total. The van der Waals surface area contributed by atoms with E-state index in [2.05, 4.69) is 15.6 Å². The van der Waals surface area contributed by atoms with Crippen molar-refractivity contribution in [2.45, 2.75) is 33.2 Å². The maximum Gasteiger partial charge on any atom is 0.329 e. The number of para-hydroxylation sites is 1. The number of hydrogen-bond donors (Lipinski definition) is 3. The van der Waals surface area contributed by atoms with Gasteiger partial charge in [-0.3, -0.25) is 9.59 Å². The Morgan fingerprint density at radius 3 is 2.61 bits per heavy atom. The van der Waals surface area contributed by atoms with Crippen molar-refractivity contribution in [1.29, 1.82) is 0 Å². The van der Waals surface area contributed by atoms with Gasteiger partial charge < -0.3 is 20.4 Å². The number of rotatable bonds is 7. The molecule has 3 aromatic rings.